The molecule has 2 aromatic rings. The standard InChI is InChI=1S/C22H23ClFNO5.ClH/c23-15-4-5-19-14(10-15)11-22(30-19)6-8-25(9-7-22)12-16(26)13-29-20-17(21(27)28)2-1-3-18(20)24;/h1-5,10,16,26H,6-9,11-13H2,(H,27,28);1H/t16-;/m0./s1. The molecule has 1 spiro atoms. The summed E-state index contributed by atoms with van der Waals surface area (Å²) in [5.74, 6) is -1.50. The van der Waals surface area contributed by atoms with Gasteiger partial charge in [0, 0.05) is 43.9 Å². The van der Waals surface area contributed by atoms with Gasteiger partial charge in [-0.1, -0.05) is 17.7 Å². The van der Waals surface area contributed by atoms with Crippen molar-refractivity contribution >= 4 is 30.0 Å². The summed E-state index contributed by atoms with van der Waals surface area (Å²) in [6, 6.07) is 9.40. The molecule has 0 saturated carbocycles. The molecule has 2 heterocycles. The largest absolute Gasteiger partial charge is 0.487 e. The van der Waals surface area contributed by atoms with Crippen molar-refractivity contribution in [2.45, 2.75) is 31.0 Å². The number of piperidine rings is 1. The number of rotatable bonds is 6. The minimum absolute atomic E-state index is 0. The van der Waals surface area contributed by atoms with Crippen LogP contribution in [0.1, 0.15) is 28.8 Å². The van der Waals surface area contributed by atoms with Gasteiger partial charge in [0.1, 0.15) is 29.6 Å². The molecule has 0 radical (unpaired) electrons. The van der Waals surface area contributed by atoms with Gasteiger partial charge < -0.3 is 24.6 Å². The molecule has 0 bridgehead atoms. The second kappa shape index (κ2) is 9.61. The number of carbonyl (C=O) groups is 1. The summed E-state index contributed by atoms with van der Waals surface area (Å²) in [4.78, 5) is 13.3. The Kier molecular flexibility index (Phi) is 7.31. The first-order valence-electron chi connectivity index (χ1n) is 9.88. The minimum Gasteiger partial charge on any atom is -0.487 e. The van der Waals surface area contributed by atoms with E-state index in [-0.39, 0.29) is 35.9 Å². The predicted octanol–water partition coefficient (Wildman–Crippen LogP) is 3.81. The zero-order chi connectivity index (χ0) is 21.3. The number of nitrogens with zero attached hydrogens (tertiary/aromatic N) is 1. The summed E-state index contributed by atoms with van der Waals surface area (Å²) < 4.78 is 25.5. The van der Waals surface area contributed by atoms with Crippen molar-refractivity contribution in [3.63, 3.8) is 0 Å². The summed E-state index contributed by atoms with van der Waals surface area (Å²) in [7, 11) is 0. The molecule has 168 valence electrons. The van der Waals surface area contributed by atoms with Crippen LogP contribution in [-0.4, -0.2) is 59.0 Å². The van der Waals surface area contributed by atoms with E-state index >= 15 is 0 Å². The van der Waals surface area contributed by atoms with Crippen LogP contribution >= 0.6 is 24.0 Å². The van der Waals surface area contributed by atoms with Crippen LogP contribution in [-0.2, 0) is 6.42 Å². The highest BCUT2D eigenvalue weighted by molar-refractivity contribution is 6.30. The summed E-state index contributed by atoms with van der Waals surface area (Å²) in [6.07, 6.45) is 1.60. The smallest absolute Gasteiger partial charge is 0.339 e. The number of aromatic carboxylic acids is 1. The van der Waals surface area contributed by atoms with Gasteiger partial charge in [0.25, 0.3) is 0 Å². The van der Waals surface area contributed by atoms with E-state index in [0.717, 1.165) is 49.7 Å². The Balaban J connectivity index is 0.00000272. The molecule has 1 saturated heterocycles. The van der Waals surface area contributed by atoms with E-state index in [0.29, 0.717) is 11.6 Å². The van der Waals surface area contributed by atoms with Crippen molar-refractivity contribution in [2.24, 2.45) is 0 Å². The number of hydrogen-bond donors (Lipinski definition) is 2. The maximum absolute atomic E-state index is 13.9. The van der Waals surface area contributed by atoms with E-state index in [2.05, 4.69) is 4.90 Å². The second-order valence-electron chi connectivity index (χ2n) is 7.90. The van der Waals surface area contributed by atoms with Gasteiger partial charge in [0.15, 0.2) is 11.6 Å². The van der Waals surface area contributed by atoms with E-state index in [1.165, 1.54) is 12.1 Å². The molecule has 0 aliphatic carbocycles. The molecule has 9 heteroatoms. The van der Waals surface area contributed by atoms with Gasteiger partial charge in [-0.2, -0.15) is 0 Å². The van der Waals surface area contributed by atoms with Crippen LogP contribution in [0.15, 0.2) is 36.4 Å². The predicted molar refractivity (Wildman–Crippen MR) is 116 cm³/mol. The SMILES string of the molecule is Cl.O=C(O)c1cccc(F)c1OC[C@@H](O)CN1CCC2(CC1)Cc1cc(Cl)ccc1O2. The van der Waals surface area contributed by atoms with Crippen molar-refractivity contribution in [1.29, 1.82) is 0 Å². The number of carboxylic acid groups (broad SMARTS) is 1. The van der Waals surface area contributed by atoms with Crippen LogP contribution in [0.4, 0.5) is 4.39 Å². The lowest BCUT2D eigenvalue weighted by molar-refractivity contribution is -0.00227. The average molecular weight is 472 g/mol. The van der Waals surface area contributed by atoms with E-state index in [9.17, 15) is 14.3 Å². The van der Waals surface area contributed by atoms with Crippen molar-refractivity contribution < 1.29 is 28.9 Å². The highest BCUT2D eigenvalue weighted by Crippen LogP contribution is 2.41. The van der Waals surface area contributed by atoms with E-state index in [4.69, 9.17) is 26.2 Å². The van der Waals surface area contributed by atoms with Crippen molar-refractivity contribution in [3.05, 3.63) is 58.4 Å². The number of aliphatic hydroxyl groups is 1. The molecular formula is C22H24Cl2FNO5. The van der Waals surface area contributed by atoms with Gasteiger partial charge in [0.05, 0.1) is 0 Å². The van der Waals surface area contributed by atoms with Crippen molar-refractivity contribution in [2.75, 3.05) is 26.2 Å². The number of fused-ring (bicyclic) bond motifs is 1. The Morgan fingerprint density at radius 1 is 1.29 bits per heavy atom. The highest BCUT2D eigenvalue weighted by atomic mass is 35.5. The summed E-state index contributed by atoms with van der Waals surface area (Å²) in [5, 5.41) is 20.2. The van der Waals surface area contributed by atoms with Crippen LogP contribution in [0.25, 0.3) is 0 Å². The number of benzene rings is 2. The lowest BCUT2D eigenvalue weighted by Gasteiger charge is -2.39. The molecule has 2 aliphatic rings. The Morgan fingerprint density at radius 3 is 2.74 bits per heavy atom. The van der Waals surface area contributed by atoms with Gasteiger partial charge in [-0.25, -0.2) is 9.18 Å². The summed E-state index contributed by atoms with van der Waals surface area (Å²) >= 11 is 6.08. The third kappa shape index (κ3) is 5.23. The highest BCUT2D eigenvalue weighted by Gasteiger charge is 2.42. The maximum atomic E-state index is 13.9. The normalized spacial score (nSPS) is 18.0. The van der Waals surface area contributed by atoms with Gasteiger partial charge >= 0.3 is 5.97 Å². The number of carboxylic acids is 1. The summed E-state index contributed by atoms with van der Waals surface area (Å²) in [6.45, 7) is 1.66. The van der Waals surface area contributed by atoms with Crippen LogP contribution in [0.2, 0.25) is 5.02 Å². The first-order chi connectivity index (χ1) is 14.3. The average Bonchev–Trinajstić information content (AvgIpc) is 3.05. The van der Waals surface area contributed by atoms with E-state index in [1.54, 1.807) is 0 Å². The summed E-state index contributed by atoms with van der Waals surface area (Å²) in [5.41, 5.74) is 0.637. The third-order valence-corrected chi connectivity index (χ3v) is 5.95. The number of hydrogen-bond acceptors (Lipinski definition) is 5. The third-order valence-electron chi connectivity index (χ3n) is 5.72. The molecule has 0 unspecified atom stereocenters. The van der Waals surface area contributed by atoms with Gasteiger partial charge in [0.2, 0.25) is 0 Å². The topological polar surface area (TPSA) is 79.2 Å². The first kappa shape index (κ1) is 23.6. The monoisotopic (exact) mass is 471 g/mol. The van der Waals surface area contributed by atoms with Crippen LogP contribution in [0.3, 0.4) is 0 Å². The Morgan fingerprint density at radius 2 is 2.03 bits per heavy atom. The van der Waals surface area contributed by atoms with E-state index < -0.39 is 17.9 Å². The number of ether oxygens (including phenoxy) is 2. The lowest BCUT2D eigenvalue weighted by atomic mass is 9.87. The van der Waals surface area contributed by atoms with Gasteiger partial charge in [-0.15, -0.1) is 12.4 Å². The van der Waals surface area contributed by atoms with Gasteiger partial charge in [-0.3, -0.25) is 0 Å². The molecule has 2 N–H and O–H groups in total. The molecular weight excluding hydrogens is 448 g/mol. The Labute approximate surface area is 190 Å². The fraction of sp³-hybridized carbons (Fsp3) is 0.409. The zero-order valence-electron chi connectivity index (χ0n) is 16.7. The Bertz CT molecular complexity index is 949. The first-order valence-corrected chi connectivity index (χ1v) is 10.3. The quantitative estimate of drug-likeness (QED) is 0.666. The number of β-amino-alcohol motifs (C(OH)–C–C–N with tert-alkyl or cyclic N) is 1. The van der Waals surface area contributed by atoms with Crippen LogP contribution < -0.4 is 9.47 Å². The minimum atomic E-state index is -1.28. The van der Waals surface area contributed by atoms with Crippen molar-refractivity contribution in [1.82, 2.24) is 4.90 Å². The molecule has 1 atom stereocenters. The molecule has 0 aromatic heterocycles. The van der Waals surface area contributed by atoms with Gasteiger partial charge in [-0.05, 0) is 35.9 Å². The molecule has 6 nitrogen and oxygen atoms in total. The molecule has 4 rings (SSSR count). The fourth-order valence-electron chi connectivity index (χ4n) is 4.18. The van der Waals surface area contributed by atoms with Crippen molar-refractivity contribution in [3.8, 4) is 11.5 Å². The van der Waals surface area contributed by atoms with Crippen LogP contribution in [0.5, 0.6) is 11.5 Å². The number of para-hydroxylation sites is 1. The lowest BCUT2D eigenvalue weighted by Crippen LogP contribution is -2.49. The number of aliphatic hydroxyl groups excluding tert-OH is 1. The molecule has 2 aromatic carbocycles. The van der Waals surface area contributed by atoms with Crippen LogP contribution in [0, 0.1) is 5.82 Å². The second-order valence-corrected chi connectivity index (χ2v) is 8.34. The van der Waals surface area contributed by atoms with E-state index in [1.807, 2.05) is 18.2 Å². The number of halogens is 3. The fourth-order valence-corrected chi connectivity index (χ4v) is 4.37. The molecule has 31 heavy (non-hydrogen) atoms. The Hall–Kier alpha value is -2.06. The molecule has 0 amide bonds. The molecule has 1 fully saturated rings. The maximum Gasteiger partial charge on any atom is 0.339 e. The molecule has 2 aliphatic heterocycles. The zero-order valence-corrected chi connectivity index (χ0v) is 18.3. The number of likely N-dealkylation sites (tertiary alicyclic amines) is 1.